The first-order valence-electron chi connectivity index (χ1n) is 9.66. The number of carbonyl (C=O) groups excluding carboxylic acids is 2. The average Bonchev–Trinajstić information content (AvgIpc) is 2.70. The molecule has 0 saturated heterocycles. The van der Waals surface area contributed by atoms with Gasteiger partial charge < -0.3 is 10.2 Å². The van der Waals surface area contributed by atoms with Crippen molar-refractivity contribution in [3.05, 3.63) is 59.7 Å². The summed E-state index contributed by atoms with van der Waals surface area (Å²) in [7, 11) is 1.83. The molecule has 0 bridgehead atoms. The van der Waals surface area contributed by atoms with Gasteiger partial charge in [0.2, 0.25) is 11.8 Å². The van der Waals surface area contributed by atoms with Crippen molar-refractivity contribution in [2.24, 2.45) is 11.8 Å². The van der Waals surface area contributed by atoms with Gasteiger partial charge in [-0.25, -0.2) is 0 Å². The zero-order valence-corrected chi connectivity index (χ0v) is 16.4. The predicted octanol–water partition coefficient (Wildman–Crippen LogP) is 4.71. The largest absolute Gasteiger partial charge is 0.326 e. The molecule has 1 saturated carbocycles. The highest BCUT2D eigenvalue weighted by atomic mass is 16.2. The van der Waals surface area contributed by atoms with Gasteiger partial charge in [0.25, 0.3) is 0 Å². The van der Waals surface area contributed by atoms with Gasteiger partial charge in [-0.2, -0.15) is 0 Å². The van der Waals surface area contributed by atoms with Crippen molar-refractivity contribution < 1.29 is 9.59 Å². The molecular formula is C23H28N2O2. The van der Waals surface area contributed by atoms with Gasteiger partial charge >= 0.3 is 0 Å². The van der Waals surface area contributed by atoms with Crippen LogP contribution in [0.5, 0.6) is 0 Å². The number of hydrogen-bond donors (Lipinski definition) is 1. The number of para-hydroxylation sites is 1. The maximum absolute atomic E-state index is 12.8. The Labute approximate surface area is 161 Å². The van der Waals surface area contributed by atoms with Crippen LogP contribution < -0.4 is 10.2 Å². The molecule has 1 fully saturated rings. The van der Waals surface area contributed by atoms with E-state index >= 15 is 0 Å². The first-order chi connectivity index (χ1) is 13.0. The quantitative estimate of drug-likeness (QED) is 0.854. The van der Waals surface area contributed by atoms with Crippen molar-refractivity contribution in [2.75, 3.05) is 17.3 Å². The van der Waals surface area contributed by atoms with E-state index in [4.69, 9.17) is 0 Å². The molecule has 0 aliphatic heterocycles. The van der Waals surface area contributed by atoms with Gasteiger partial charge in [0.1, 0.15) is 0 Å². The molecule has 0 unspecified atom stereocenters. The number of amides is 2. The minimum Gasteiger partial charge on any atom is -0.326 e. The highest BCUT2D eigenvalue weighted by Crippen LogP contribution is 2.32. The second kappa shape index (κ2) is 8.38. The molecule has 1 aliphatic rings. The fourth-order valence-corrected chi connectivity index (χ4v) is 3.76. The topological polar surface area (TPSA) is 49.4 Å². The van der Waals surface area contributed by atoms with E-state index in [1.807, 2.05) is 69.4 Å². The highest BCUT2D eigenvalue weighted by molar-refractivity contribution is 5.96. The van der Waals surface area contributed by atoms with E-state index in [0.717, 1.165) is 48.2 Å². The molecule has 27 heavy (non-hydrogen) atoms. The van der Waals surface area contributed by atoms with Crippen LogP contribution in [0.3, 0.4) is 0 Å². The molecule has 2 aromatic rings. The maximum Gasteiger partial charge on any atom is 0.229 e. The average molecular weight is 364 g/mol. The van der Waals surface area contributed by atoms with Gasteiger partial charge in [0.05, 0.1) is 0 Å². The minimum absolute atomic E-state index is 0.0000352. The smallest absolute Gasteiger partial charge is 0.229 e. The van der Waals surface area contributed by atoms with Crippen LogP contribution >= 0.6 is 0 Å². The molecule has 0 aromatic heterocycles. The zero-order valence-electron chi connectivity index (χ0n) is 16.4. The summed E-state index contributed by atoms with van der Waals surface area (Å²) in [5, 5.41) is 3.08. The number of nitrogens with zero attached hydrogens (tertiary/aromatic N) is 1. The van der Waals surface area contributed by atoms with Crippen LogP contribution in [0.25, 0.3) is 0 Å². The Kier molecular flexibility index (Phi) is 5.94. The van der Waals surface area contributed by atoms with E-state index in [1.165, 1.54) is 0 Å². The molecule has 0 spiro atoms. The lowest BCUT2D eigenvalue weighted by atomic mass is 9.81. The normalized spacial score (nSPS) is 19.4. The number of anilines is 2. The van der Waals surface area contributed by atoms with E-state index in [9.17, 15) is 9.59 Å². The molecule has 0 radical (unpaired) electrons. The summed E-state index contributed by atoms with van der Waals surface area (Å²) in [6.45, 7) is 4.03. The summed E-state index contributed by atoms with van der Waals surface area (Å²) in [4.78, 5) is 27.2. The van der Waals surface area contributed by atoms with Crippen LogP contribution in [0.2, 0.25) is 0 Å². The Morgan fingerprint density at radius 2 is 1.56 bits per heavy atom. The van der Waals surface area contributed by atoms with Crippen molar-refractivity contribution >= 4 is 23.2 Å². The number of aryl methyl sites for hydroxylation is 2. The number of benzene rings is 2. The molecular weight excluding hydrogens is 336 g/mol. The second-order valence-corrected chi connectivity index (χ2v) is 7.59. The van der Waals surface area contributed by atoms with Crippen LogP contribution in [0.4, 0.5) is 11.4 Å². The molecule has 4 nitrogen and oxygen atoms in total. The molecule has 0 heterocycles. The van der Waals surface area contributed by atoms with Gasteiger partial charge in [-0.1, -0.05) is 30.3 Å². The van der Waals surface area contributed by atoms with Gasteiger partial charge in [-0.15, -0.1) is 0 Å². The van der Waals surface area contributed by atoms with Gasteiger partial charge in [0, 0.05) is 30.3 Å². The molecule has 142 valence electrons. The lowest BCUT2D eigenvalue weighted by Crippen LogP contribution is -2.36. The summed E-state index contributed by atoms with van der Waals surface area (Å²) in [6, 6.07) is 15.8. The Hall–Kier alpha value is -2.62. The number of rotatable bonds is 4. The zero-order chi connectivity index (χ0) is 19.4. The molecule has 1 aliphatic carbocycles. The summed E-state index contributed by atoms with van der Waals surface area (Å²) >= 11 is 0. The van der Waals surface area contributed by atoms with Crippen LogP contribution in [0, 0.1) is 25.7 Å². The van der Waals surface area contributed by atoms with Crippen LogP contribution in [-0.4, -0.2) is 18.9 Å². The molecule has 1 N–H and O–H groups in total. The second-order valence-electron chi connectivity index (χ2n) is 7.59. The number of hydrogen-bond acceptors (Lipinski definition) is 2. The number of carbonyl (C=O) groups is 2. The van der Waals surface area contributed by atoms with Gasteiger partial charge in [-0.3, -0.25) is 9.59 Å². The molecule has 4 heteroatoms. The summed E-state index contributed by atoms with van der Waals surface area (Å²) in [5.41, 5.74) is 4.01. The lowest BCUT2D eigenvalue weighted by molar-refractivity contribution is -0.126. The predicted molar refractivity (Wildman–Crippen MR) is 110 cm³/mol. The van der Waals surface area contributed by atoms with E-state index in [2.05, 4.69) is 5.32 Å². The Bertz CT molecular complexity index is 808. The molecule has 2 aromatic carbocycles. The Morgan fingerprint density at radius 3 is 2.22 bits per heavy atom. The van der Waals surface area contributed by atoms with E-state index < -0.39 is 0 Å². The fourth-order valence-electron chi connectivity index (χ4n) is 3.76. The summed E-state index contributed by atoms with van der Waals surface area (Å²) in [6.07, 6.45) is 3.05. The van der Waals surface area contributed by atoms with Crippen molar-refractivity contribution in [2.45, 2.75) is 39.5 Å². The molecule has 3 rings (SSSR count). The van der Waals surface area contributed by atoms with Crippen molar-refractivity contribution in [1.29, 1.82) is 0 Å². The third-order valence-electron chi connectivity index (χ3n) is 5.57. The molecule has 2 amide bonds. The maximum atomic E-state index is 12.8. The van der Waals surface area contributed by atoms with Gasteiger partial charge in [-0.05, 0) is 68.9 Å². The van der Waals surface area contributed by atoms with E-state index in [0.29, 0.717) is 0 Å². The number of nitrogens with one attached hydrogen (secondary N) is 1. The molecule has 0 atom stereocenters. The third-order valence-corrected chi connectivity index (χ3v) is 5.57. The highest BCUT2D eigenvalue weighted by Gasteiger charge is 2.31. The minimum atomic E-state index is -0.0176. The lowest BCUT2D eigenvalue weighted by Gasteiger charge is -2.30. The third kappa shape index (κ3) is 4.57. The van der Waals surface area contributed by atoms with Crippen LogP contribution in [0.1, 0.15) is 36.8 Å². The monoisotopic (exact) mass is 364 g/mol. The van der Waals surface area contributed by atoms with E-state index in [-0.39, 0.29) is 23.7 Å². The van der Waals surface area contributed by atoms with Gasteiger partial charge in [0.15, 0.2) is 0 Å². The van der Waals surface area contributed by atoms with Crippen LogP contribution in [-0.2, 0) is 9.59 Å². The Balaban J connectivity index is 1.56. The SMILES string of the molecule is Cc1ccc(C)c(NC(=O)C2CCC(C(=O)N(C)c3ccccc3)CC2)c1. The van der Waals surface area contributed by atoms with Crippen molar-refractivity contribution in [3.63, 3.8) is 0 Å². The fraction of sp³-hybridized carbons (Fsp3) is 0.391. The summed E-state index contributed by atoms with van der Waals surface area (Å²) < 4.78 is 0. The van der Waals surface area contributed by atoms with Crippen molar-refractivity contribution in [1.82, 2.24) is 0 Å². The first-order valence-corrected chi connectivity index (χ1v) is 9.66. The van der Waals surface area contributed by atoms with Crippen LogP contribution in [0.15, 0.2) is 48.5 Å². The standard InChI is InChI=1S/C23H28N2O2/c1-16-9-10-17(2)21(15-16)24-22(26)18-11-13-19(14-12-18)23(27)25(3)20-7-5-4-6-8-20/h4-10,15,18-19H,11-14H2,1-3H3,(H,24,26). The summed E-state index contributed by atoms with van der Waals surface area (Å²) in [5.74, 6) is 0.205. The van der Waals surface area contributed by atoms with E-state index in [1.54, 1.807) is 4.90 Å². The Morgan fingerprint density at radius 1 is 0.926 bits per heavy atom. The first kappa shape index (κ1) is 19.2. The van der Waals surface area contributed by atoms with Crippen molar-refractivity contribution in [3.8, 4) is 0 Å².